The number of carbonyl (C=O) groups is 3. The third-order valence-electron chi connectivity index (χ3n) is 5.18. The first-order valence-corrected chi connectivity index (χ1v) is 10.5. The predicted octanol–water partition coefficient (Wildman–Crippen LogP) is 4.31. The number of nitrogens with zero attached hydrogens (tertiary/aromatic N) is 1. The van der Waals surface area contributed by atoms with Gasteiger partial charge in [-0.25, -0.2) is 0 Å². The van der Waals surface area contributed by atoms with Gasteiger partial charge < -0.3 is 5.32 Å². The Balaban J connectivity index is 1.81. The summed E-state index contributed by atoms with van der Waals surface area (Å²) in [5.41, 5.74) is 0.354. The summed E-state index contributed by atoms with van der Waals surface area (Å²) in [7, 11) is 0. The lowest BCUT2D eigenvalue weighted by Gasteiger charge is -2.27. The summed E-state index contributed by atoms with van der Waals surface area (Å²) in [6, 6.07) is 5.23. The second-order valence-electron chi connectivity index (χ2n) is 7.74. The normalized spacial score (nSPS) is 22.3. The van der Waals surface area contributed by atoms with Gasteiger partial charge in [0.2, 0.25) is 17.7 Å². The molecule has 0 spiro atoms. The van der Waals surface area contributed by atoms with E-state index in [4.69, 9.17) is 0 Å². The van der Waals surface area contributed by atoms with Crippen LogP contribution in [-0.2, 0) is 14.4 Å². The summed E-state index contributed by atoms with van der Waals surface area (Å²) in [4.78, 5) is 40.3. The van der Waals surface area contributed by atoms with E-state index in [0.29, 0.717) is 41.6 Å². The molecule has 0 saturated carbocycles. The second kappa shape index (κ2) is 9.07. The van der Waals surface area contributed by atoms with Gasteiger partial charge in [0.15, 0.2) is 0 Å². The highest BCUT2D eigenvalue weighted by molar-refractivity contribution is 7.99. The van der Waals surface area contributed by atoms with Crippen LogP contribution in [0.5, 0.6) is 0 Å². The van der Waals surface area contributed by atoms with Crippen molar-refractivity contribution in [1.82, 2.24) is 4.90 Å². The van der Waals surface area contributed by atoms with Crippen LogP contribution in [0.15, 0.2) is 41.3 Å². The number of anilines is 1. The summed E-state index contributed by atoms with van der Waals surface area (Å²) >= 11 is 0.388. The van der Waals surface area contributed by atoms with Crippen molar-refractivity contribution in [3.05, 3.63) is 36.4 Å². The molecule has 2 aliphatic rings. The Hall–Kier alpha value is -2.22. The molecule has 0 bridgehead atoms. The molecule has 1 aromatic carbocycles. The molecule has 8 heteroatoms. The van der Waals surface area contributed by atoms with Crippen LogP contribution in [0.25, 0.3) is 0 Å². The number of hydrogen-bond donors (Lipinski definition) is 1. The first-order chi connectivity index (χ1) is 13.8. The average Bonchev–Trinajstić information content (AvgIpc) is 2.90. The highest BCUT2D eigenvalue weighted by atomic mass is 32.2. The number of amides is 3. The lowest BCUT2D eigenvalue weighted by molar-refractivity contribution is -0.147. The fraction of sp³-hybridized carbons (Fsp3) is 0.476. The number of rotatable bonds is 7. The molecule has 5 nitrogen and oxygen atoms in total. The van der Waals surface area contributed by atoms with E-state index in [-0.39, 0.29) is 17.7 Å². The minimum atomic E-state index is -2.56. The smallest absolute Gasteiger partial charge is 0.288 e. The molecular formula is C21H24F2N2O3S. The van der Waals surface area contributed by atoms with E-state index in [0.717, 1.165) is 4.90 Å². The van der Waals surface area contributed by atoms with Gasteiger partial charge in [-0.05, 0) is 43.4 Å². The summed E-state index contributed by atoms with van der Waals surface area (Å²) in [6.07, 6.45) is 5.16. The summed E-state index contributed by atoms with van der Waals surface area (Å²) < 4.78 is 25.2. The van der Waals surface area contributed by atoms with Crippen molar-refractivity contribution in [2.24, 2.45) is 17.8 Å². The molecule has 0 aromatic heterocycles. The van der Waals surface area contributed by atoms with E-state index in [1.807, 2.05) is 26.0 Å². The maximum Gasteiger partial charge on any atom is 0.288 e. The van der Waals surface area contributed by atoms with Crippen LogP contribution in [0.3, 0.4) is 0 Å². The molecule has 1 aliphatic carbocycles. The van der Waals surface area contributed by atoms with Crippen LogP contribution in [0.2, 0.25) is 0 Å². The van der Waals surface area contributed by atoms with Crippen molar-refractivity contribution in [3.63, 3.8) is 0 Å². The van der Waals surface area contributed by atoms with E-state index in [2.05, 4.69) is 5.32 Å². The van der Waals surface area contributed by atoms with Gasteiger partial charge in [-0.15, -0.1) is 0 Å². The molecule has 1 N–H and O–H groups in total. The van der Waals surface area contributed by atoms with E-state index < -0.39 is 29.5 Å². The predicted molar refractivity (Wildman–Crippen MR) is 107 cm³/mol. The largest absolute Gasteiger partial charge is 0.324 e. The second-order valence-corrected chi connectivity index (χ2v) is 8.81. The molecule has 1 aliphatic heterocycles. The molecule has 1 saturated heterocycles. The quantitative estimate of drug-likeness (QED) is 0.404. The molecule has 3 amide bonds. The molecular weight excluding hydrogens is 398 g/mol. The third-order valence-corrected chi connectivity index (χ3v) is 5.88. The monoisotopic (exact) mass is 422 g/mol. The summed E-state index contributed by atoms with van der Waals surface area (Å²) in [6.45, 7) is 3.83. The molecule has 1 heterocycles. The van der Waals surface area contributed by atoms with Crippen molar-refractivity contribution in [2.75, 3.05) is 5.32 Å². The van der Waals surface area contributed by atoms with Gasteiger partial charge in [0.1, 0.15) is 6.04 Å². The van der Waals surface area contributed by atoms with Crippen LogP contribution >= 0.6 is 11.8 Å². The van der Waals surface area contributed by atoms with Crippen LogP contribution in [0, 0.1) is 17.8 Å². The molecule has 156 valence electrons. The van der Waals surface area contributed by atoms with Gasteiger partial charge in [0.05, 0.1) is 11.8 Å². The molecule has 0 radical (unpaired) electrons. The van der Waals surface area contributed by atoms with Crippen LogP contribution < -0.4 is 5.32 Å². The number of hydrogen-bond acceptors (Lipinski definition) is 4. The lowest BCUT2D eigenvalue weighted by atomic mass is 9.85. The SMILES string of the molecule is CC(C)CC(C(=O)Nc1cccc(SC(F)F)c1)N1C(=O)C2CC=CCC2C1=O. The maximum atomic E-state index is 13.0. The number of nitrogens with one attached hydrogen (secondary N) is 1. The molecule has 3 rings (SSSR count). The highest BCUT2D eigenvalue weighted by Gasteiger charge is 2.51. The van der Waals surface area contributed by atoms with Crippen molar-refractivity contribution < 1.29 is 23.2 Å². The Bertz CT molecular complexity index is 802. The average molecular weight is 422 g/mol. The Morgan fingerprint density at radius 2 is 1.79 bits per heavy atom. The Morgan fingerprint density at radius 3 is 2.34 bits per heavy atom. The van der Waals surface area contributed by atoms with Gasteiger partial charge >= 0.3 is 0 Å². The number of halogens is 2. The van der Waals surface area contributed by atoms with E-state index in [1.165, 1.54) is 12.1 Å². The Kier molecular flexibility index (Phi) is 6.72. The number of imide groups is 1. The van der Waals surface area contributed by atoms with Crippen LogP contribution in [0.1, 0.15) is 33.1 Å². The zero-order valence-electron chi connectivity index (χ0n) is 16.3. The number of benzene rings is 1. The summed E-state index contributed by atoms with van der Waals surface area (Å²) in [5, 5.41) is 2.70. The zero-order valence-corrected chi connectivity index (χ0v) is 17.1. The number of allylic oxidation sites excluding steroid dienone is 2. The molecule has 3 unspecified atom stereocenters. The fourth-order valence-electron chi connectivity index (χ4n) is 3.88. The molecule has 29 heavy (non-hydrogen) atoms. The molecule has 3 atom stereocenters. The Morgan fingerprint density at radius 1 is 1.17 bits per heavy atom. The number of likely N-dealkylation sites (tertiary alicyclic amines) is 1. The van der Waals surface area contributed by atoms with Gasteiger partial charge in [-0.1, -0.05) is 43.8 Å². The van der Waals surface area contributed by atoms with Crippen molar-refractivity contribution in [2.45, 2.75) is 49.8 Å². The summed E-state index contributed by atoms with van der Waals surface area (Å²) in [5.74, 6) is -4.37. The maximum absolute atomic E-state index is 13.0. The number of carbonyl (C=O) groups excluding carboxylic acids is 3. The minimum absolute atomic E-state index is 0.0767. The van der Waals surface area contributed by atoms with E-state index in [9.17, 15) is 23.2 Å². The van der Waals surface area contributed by atoms with E-state index in [1.54, 1.807) is 12.1 Å². The Labute approximate surface area is 172 Å². The number of fused-ring (bicyclic) bond motifs is 1. The molecule has 1 aromatic rings. The van der Waals surface area contributed by atoms with Gasteiger partial charge in [-0.3, -0.25) is 19.3 Å². The van der Waals surface area contributed by atoms with Crippen molar-refractivity contribution in [3.8, 4) is 0 Å². The van der Waals surface area contributed by atoms with E-state index >= 15 is 0 Å². The van der Waals surface area contributed by atoms with Crippen molar-refractivity contribution in [1.29, 1.82) is 0 Å². The highest BCUT2D eigenvalue weighted by Crippen LogP contribution is 2.37. The standard InChI is InChI=1S/C21H24F2N2O3S/c1-12(2)10-17(25-19(27)15-8-3-4-9-16(15)20(25)28)18(26)24-13-6-5-7-14(11-13)29-21(22)23/h3-7,11-12,15-17,21H,8-10H2,1-2H3,(H,24,26). The first kappa shape index (κ1) is 21.5. The molecule has 1 fully saturated rings. The zero-order chi connectivity index (χ0) is 21.1. The first-order valence-electron chi connectivity index (χ1n) is 9.65. The fourth-order valence-corrected chi connectivity index (χ4v) is 4.44. The van der Waals surface area contributed by atoms with Crippen molar-refractivity contribution >= 4 is 35.2 Å². The van der Waals surface area contributed by atoms with Gasteiger partial charge in [0.25, 0.3) is 5.76 Å². The van der Waals surface area contributed by atoms with Gasteiger partial charge in [0, 0.05) is 10.6 Å². The van der Waals surface area contributed by atoms with Gasteiger partial charge in [-0.2, -0.15) is 8.78 Å². The minimum Gasteiger partial charge on any atom is -0.324 e. The van der Waals surface area contributed by atoms with Crippen LogP contribution in [0.4, 0.5) is 14.5 Å². The number of thioether (sulfide) groups is 1. The van der Waals surface area contributed by atoms with Crippen LogP contribution in [-0.4, -0.2) is 34.4 Å². The third kappa shape index (κ3) is 4.86. The lowest BCUT2D eigenvalue weighted by Crippen LogP contribution is -2.48. The topological polar surface area (TPSA) is 66.5 Å². The number of alkyl halides is 2.